The van der Waals surface area contributed by atoms with Crippen molar-refractivity contribution >= 4 is 37.5 Å². The van der Waals surface area contributed by atoms with Gasteiger partial charge in [-0.05, 0) is 48.4 Å². The summed E-state index contributed by atoms with van der Waals surface area (Å²) in [6.45, 7) is 8.79. The van der Waals surface area contributed by atoms with Crippen molar-refractivity contribution in [1.29, 1.82) is 0 Å². The van der Waals surface area contributed by atoms with E-state index in [0.717, 1.165) is 11.3 Å². The fourth-order valence-electron chi connectivity index (χ4n) is 3.28. The van der Waals surface area contributed by atoms with Crippen LogP contribution in [0, 0.1) is 13.8 Å². The van der Waals surface area contributed by atoms with Crippen LogP contribution in [0.1, 0.15) is 36.5 Å². The molecule has 0 amide bonds. The van der Waals surface area contributed by atoms with E-state index in [1.165, 1.54) is 38.5 Å². The maximum atomic E-state index is 4.93. The van der Waals surface area contributed by atoms with Gasteiger partial charge in [-0.3, -0.25) is 4.98 Å². The summed E-state index contributed by atoms with van der Waals surface area (Å²) in [6.07, 6.45) is 0. The largest absolute Gasteiger partial charge is 0.264 e. The lowest BCUT2D eigenvalue weighted by molar-refractivity contribution is 0.869. The van der Waals surface area contributed by atoms with Gasteiger partial charge < -0.3 is 0 Å². The number of benzene rings is 2. The summed E-state index contributed by atoms with van der Waals surface area (Å²) in [7, 11) is 4.29. The van der Waals surface area contributed by atoms with E-state index in [9.17, 15) is 0 Å². The zero-order valence-corrected chi connectivity index (χ0v) is 15.0. The fraction of sp³-hybridized carbons (Fsp3) is 0.250. The van der Waals surface area contributed by atoms with Crippen LogP contribution in [0.3, 0.4) is 0 Å². The highest BCUT2D eigenvalue weighted by Gasteiger charge is 2.12. The Morgan fingerprint density at radius 3 is 2.13 bits per heavy atom. The second kappa shape index (κ2) is 5.88. The molecule has 0 aliphatic carbocycles. The Bertz CT molecular complexity index is 878. The number of aryl methyl sites for hydroxylation is 2. The lowest BCUT2D eigenvalue weighted by atomic mass is 9.80. The maximum Gasteiger partial charge on any atom is 0.163 e. The van der Waals surface area contributed by atoms with Crippen molar-refractivity contribution in [1.82, 2.24) is 4.98 Å². The maximum absolute atomic E-state index is 4.93. The van der Waals surface area contributed by atoms with E-state index in [4.69, 9.17) is 4.98 Å². The first kappa shape index (κ1) is 15.9. The van der Waals surface area contributed by atoms with Crippen molar-refractivity contribution in [3.05, 3.63) is 53.1 Å². The Morgan fingerprint density at radius 2 is 1.52 bits per heavy atom. The minimum absolute atomic E-state index is 0.539. The van der Waals surface area contributed by atoms with Gasteiger partial charge in [-0.15, -0.1) is 0 Å². The van der Waals surface area contributed by atoms with Gasteiger partial charge in [0.15, 0.2) is 7.85 Å². The smallest absolute Gasteiger partial charge is 0.163 e. The van der Waals surface area contributed by atoms with E-state index in [-0.39, 0.29) is 0 Å². The number of fused-ring (bicyclic) bond motifs is 1. The Kier molecular flexibility index (Phi) is 4.06. The van der Waals surface area contributed by atoms with Gasteiger partial charge in [-0.1, -0.05) is 54.7 Å². The average Bonchev–Trinajstić information content (AvgIpc) is 2.49. The van der Waals surface area contributed by atoms with Crippen molar-refractivity contribution in [2.24, 2.45) is 0 Å². The monoisotopic (exact) mass is 299 g/mol. The predicted molar refractivity (Wildman–Crippen MR) is 107 cm³/mol. The van der Waals surface area contributed by atoms with Crippen molar-refractivity contribution in [2.75, 3.05) is 0 Å². The van der Waals surface area contributed by atoms with Crippen LogP contribution in [0.4, 0.5) is 0 Å². The minimum Gasteiger partial charge on any atom is -0.264 e. The molecular weight excluding hydrogens is 276 g/mol. The third-order valence-corrected chi connectivity index (χ3v) is 4.69. The van der Waals surface area contributed by atoms with Gasteiger partial charge in [0.1, 0.15) is 7.85 Å². The van der Waals surface area contributed by atoms with Gasteiger partial charge in [-0.25, -0.2) is 0 Å². The second-order valence-electron chi connectivity index (χ2n) is 7.01. The number of pyridine rings is 1. The molecule has 3 aromatic rings. The van der Waals surface area contributed by atoms with Gasteiger partial charge in [0.05, 0.1) is 5.69 Å². The molecule has 0 N–H and O–H groups in total. The summed E-state index contributed by atoms with van der Waals surface area (Å²) in [5, 5.41) is 2.58. The van der Waals surface area contributed by atoms with Crippen LogP contribution in [0.25, 0.3) is 22.0 Å². The molecule has 23 heavy (non-hydrogen) atoms. The first-order valence-electron chi connectivity index (χ1n) is 8.36. The van der Waals surface area contributed by atoms with Crippen LogP contribution in [-0.2, 0) is 0 Å². The summed E-state index contributed by atoms with van der Waals surface area (Å²) in [4.78, 5) is 4.93. The standard InChI is InChI=1S/C20H23B2N/c1-11(2)14-5-6-16-17(10-14)18(21)20(22)23-19(16)15-8-12(3)7-13(4)9-15/h5-11H,21-22H2,1-4H3. The van der Waals surface area contributed by atoms with E-state index < -0.39 is 0 Å². The Balaban J connectivity index is 2.35. The number of hydrogen-bond donors (Lipinski definition) is 0. The van der Waals surface area contributed by atoms with Crippen LogP contribution in [0.5, 0.6) is 0 Å². The van der Waals surface area contributed by atoms with Gasteiger partial charge in [0.2, 0.25) is 0 Å². The predicted octanol–water partition coefficient (Wildman–Crippen LogP) is 2.16. The molecule has 1 nitrogen and oxygen atoms in total. The van der Waals surface area contributed by atoms with Crippen molar-refractivity contribution < 1.29 is 0 Å². The molecule has 1 heterocycles. The highest BCUT2D eigenvalue weighted by Crippen LogP contribution is 2.28. The highest BCUT2D eigenvalue weighted by atomic mass is 14.7. The number of rotatable bonds is 2. The summed E-state index contributed by atoms with van der Waals surface area (Å²) >= 11 is 0. The Morgan fingerprint density at radius 1 is 0.870 bits per heavy atom. The SMILES string of the molecule is Bc1nc(-c2cc(C)cc(C)c2)c2ccc(C(C)C)cc2c1B. The highest BCUT2D eigenvalue weighted by molar-refractivity contribution is 6.52. The van der Waals surface area contributed by atoms with E-state index in [2.05, 4.69) is 79.8 Å². The molecule has 0 bridgehead atoms. The number of nitrogens with zero attached hydrogens (tertiary/aromatic N) is 1. The summed E-state index contributed by atoms with van der Waals surface area (Å²) in [5.74, 6) is 0.539. The fourth-order valence-corrected chi connectivity index (χ4v) is 3.28. The van der Waals surface area contributed by atoms with Crippen LogP contribution in [0.15, 0.2) is 36.4 Å². The normalized spacial score (nSPS) is 11.3. The number of hydrogen-bond acceptors (Lipinski definition) is 1. The Labute approximate surface area is 141 Å². The summed E-state index contributed by atoms with van der Waals surface area (Å²) in [5.41, 5.74) is 8.68. The van der Waals surface area contributed by atoms with E-state index >= 15 is 0 Å². The van der Waals surface area contributed by atoms with Crippen molar-refractivity contribution in [3.63, 3.8) is 0 Å². The molecular formula is C20H23B2N. The van der Waals surface area contributed by atoms with Gasteiger partial charge in [-0.2, -0.15) is 0 Å². The molecule has 0 fully saturated rings. The Hall–Kier alpha value is -2.02. The molecule has 0 spiro atoms. The van der Waals surface area contributed by atoms with E-state index in [1.54, 1.807) is 0 Å². The minimum atomic E-state index is 0.539. The van der Waals surface area contributed by atoms with Gasteiger partial charge in [0.25, 0.3) is 0 Å². The molecule has 0 aliphatic heterocycles. The van der Waals surface area contributed by atoms with Crippen molar-refractivity contribution in [2.45, 2.75) is 33.6 Å². The second-order valence-corrected chi connectivity index (χ2v) is 7.01. The molecule has 2 aromatic carbocycles. The molecule has 3 heteroatoms. The number of aromatic nitrogens is 1. The first-order valence-corrected chi connectivity index (χ1v) is 8.36. The lowest BCUT2D eigenvalue weighted by Crippen LogP contribution is -2.30. The summed E-state index contributed by atoms with van der Waals surface area (Å²) in [6, 6.07) is 13.5. The third kappa shape index (κ3) is 2.93. The van der Waals surface area contributed by atoms with Crippen LogP contribution in [-0.4, -0.2) is 20.7 Å². The van der Waals surface area contributed by atoms with Gasteiger partial charge >= 0.3 is 0 Å². The van der Waals surface area contributed by atoms with Crippen LogP contribution in [0.2, 0.25) is 0 Å². The molecule has 3 rings (SSSR count). The van der Waals surface area contributed by atoms with Crippen molar-refractivity contribution in [3.8, 4) is 11.3 Å². The van der Waals surface area contributed by atoms with E-state index in [1.807, 2.05) is 0 Å². The van der Waals surface area contributed by atoms with Gasteiger partial charge in [0, 0.05) is 10.9 Å². The lowest BCUT2D eigenvalue weighted by Gasteiger charge is -2.15. The molecule has 0 saturated heterocycles. The van der Waals surface area contributed by atoms with E-state index in [0.29, 0.717) is 5.92 Å². The molecule has 0 aliphatic rings. The molecule has 114 valence electrons. The van der Waals surface area contributed by atoms with Crippen LogP contribution >= 0.6 is 0 Å². The zero-order chi connectivity index (χ0) is 16.7. The zero-order valence-electron chi connectivity index (χ0n) is 15.0. The quantitative estimate of drug-likeness (QED) is 0.661. The topological polar surface area (TPSA) is 12.9 Å². The molecule has 0 atom stereocenters. The average molecular weight is 299 g/mol. The molecule has 1 aromatic heterocycles. The molecule has 0 radical (unpaired) electrons. The molecule has 0 saturated carbocycles. The first-order chi connectivity index (χ1) is 10.9. The van der Waals surface area contributed by atoms with Crippen LogP contribution < -0.4 is 11.1 Å². The molecule has 0 unspecified atom stereocenters. The third-order valence-electron chi connectivity index (χ3n) is 4.69. The summed E-state index contributed by atoms with van der Waals surface area (Å²) < 4.78 is 0.